The van der Waals surface area contributed by atoms with E-state index in [9.17, 15) is 14.3 Å². The van der Waals surface area contributed by atoms with Crippen LogP contribution in [0.3, 0.4) is 0 Å². The number of benzene rings is 2. The molecule has 0 aliphatic heterocycles. The van der Waals surface area contributed by atoms with Gasteiger partial charge in [-0.1, -0.05) is 53.5 Å². The SMILES string of the molecule is O=C(CC(O)c1ccccc1)NNc1c(Cl)cc(F)cc1Cl. The molecule has 3 N–H and O–H groups in total. The van der Waals surface area contributed by atoms with Crippen molar-refractivity contribution in [3.8, 4) is 0 Å². The van der Waals surface area contributed by atoms with E-state index in [0.29, 0.717) is 5.56 Å². The fraction of sp³-hybridized carbons (Fsp3) is 0.133. The summed E-state index contributed by atoms with van der Waals surface area (Å²) in [5, 5.41) is 10.0. The first-order valence-electron chi connectivity index (χ1n) is 6.40. The molecule has 7 heteroatoms. The van der Waals surface area contributed by atoms with Crippen molar-refractivity contribution >= 4 is 34.8 Å². The highest BCUT2D eigenvalue weighted by Crippen LogP contribution is 2.30. The van der Waals surface area contributed by atoms with Gasteiger partial charge in [0.05, 0.1) is 28.3 Å². The molecule has 0 heterocycles. The predicted octanol–water partition coefficient (Wildman–Crippen LogP) is 3.70. The Morgan fingerprint density at radius 3 is 2.36 bits per heavy atom. The molecule has 116 valence electrons. The molecule has 0 bridgehead atoms. The van der Waals surface area contributed by atoms with Gasteiger partial charge in [0.2, 0.25) is 5.91 Å². The van der Waals surface area contributed by atoms with Crippen molar-refractivity contribution in [2.45, 2.75) is 12.5 Å². The normalized spacial score (nSPS) is 11.8. The summed E-state index contributed by atoms with van der Waals surface area (Å²) in [5.41, 5.74) is 5.71. The van der Waals surface area contributed by atoms with Crippen molar-refractivity contribution in [1.82, 2.24) is 5.43 Å². The van der Waals surface area contributed by atoms with Gasteiger partial charge in [-0.15, -0.1) is 0 Å². The molecule has 0 aromatic heterocycles. The third kappa shape index (κ3) is 4.34. The summed E-state index contributed by atoms with van der Waals surface area (Å²) in [6, 6.07) is 10.9. The van der Waals surface area contributed by atoms with Crippen LogP contribution in [0.5, 0.6) is 0 Å². The molecule has 4 nitrogen and oxygen atoms in total. The minimum Gasteiger partial charge on any atom is -0.388 e. The maximum Gasteiger partial charge on any atom is 0.241 e. The molecule has 0 radical (unpaired) electrons. The van der Waals surface area contributed by atoms with Crippen LogP contribution in [0.15, 0.2) is 42.5 Å². The van der Waals surface area contributed by atoms with Crippen LogP contribution in [0.2, 0.25) is 10.0 Å². The fourth-order valence-corrected chi connectivity index (χ4v) is 2.37. The quantitative estimate of drug-likeness (QED) is 0.726. The lowest BCUT2D eigenvalue weighted by Gasteiger charge is -2.14. The average molecular weight is 343 g/mol. The molecule has 2 rings (SSSR count). The van der Waals surface area contributed by atoms with Crippen molar-refractivity contribution < 1.29 is 14.3 Å². The number of aliphatic hydroxyl groups excluding tert-OH is 1. The molecule has 0 fully saturated rings. The Morgan fingerprint density at radius 2 is 1.77 bits per heavy atom. The predicted molar refractivity (Wildman–Crippen MR) is 84.2 cm³/mol. The zero-order chi connectivity index (χ0) is 16.1. The van der Waals surface area contributed by atoms with Gasteiger partial charge in [0.15, 0.2) is 0 Å². The molecule has 1 atom stereocenters. The molecule has 1 unspecified atom stereocenters. The van der Waals surface area contributed by atoms with E-state index in [1.807, 2.05) is 6.07 Å². The summed E-state index contributed by atoms with van der Waals surface area (Å²) in [4.78, 5) is 11.8. The van der Waals surface area contributed by atoms with E-state index in [-0.39, 0.29) is 22.2 Å². The number of anilines is 1. The maximum absolute atomic E-state index is 13.0. The lowest BCUT2D eigenvalue weighted by molar-refractivity contribution is -0.122. The maximum atomic E-state index is 13.0. The number of hydrazine groups is 1. The van der Waals surface area contributed by atoms with Gasteiger partial charge in [0.25, 0.3) is 0 Å². The molecular weight excluding hydrogens is 330 g/mol. The van der Waals surface area contributed by atoms with E-state index < -0.39 is 17.8 Å². The van der Waals surface area contributed by atoms with Crippen LogP contribution in [-0.4, -0.2) is 11.0 Å². The monoisotopic (exact) mass is 342 g/mol. The first-order chi connectivity index (χ1) is 10.5. The summed E-state index contributed by atoms with van der Waals surface area (Å²) in [7, 11) is 0. The molecule has 0 saturated carbocycles. The van der Waals surface area contributed by atoms with Crippen molar-refractivity contribution in [2.75, 3.05) is 5.43 Å². The van der Waals surface area contributed by atoms with Crippen LogP contribution in [0.25, 0.3) is 0 Å². The largest absolute Gasteiger partial charge is 0.388 e. The van der Waals surface area contributed by atoms with Crippen molar-refractivity contribution in [3.63, 3.8) is 0 Å². The number of amides is 1. The average Bonchev–Trinajstić information content (AvgIpc) is 2.47. The number of hydrogen-bond donors (Lipinski definition) is 3. The Hall–Kier alpha value is -1.82. The number of hydrogen-bond acceptors (Lipinski definition) is 3. The highest BCUT2D eigenvalue weighted by atomic mass is 35.5. The van der Waals surface area contributed by atoms with Gasteiger partial charge < -0.3 is 5.11 Å². The number of halogens is 3. The third-order valence-corrected chi connectivity index (χ3v) is 3.49. The smallest absolute Gasteiger partial charge is 0.241 e. The molecule has 1 amide bonds. The standard InChI is InChI=1S/C15H13Cl2FN2O2/c16-11-6-10(18)7-12(17)15(11)20-19-14(22)8-13(21)9-4-2-1-3-5-9/h1-7,13,20-21H,8H2,(H,19,22). The second kappa shape index (κ2) is 7.45. The van der Waals surface area contributed by atoms with Gasteiger partial charge in [-0.25, -0.2) is 4.39 Å². The molecule has 0 aliphatic carbocycles. The van der Waals surface area contributed by atoms with Gasteiger partial charge in [0, 0.05) is 0 Å². The summed E-state index contributed by atoms with van der Waals surface area (Å²) in [5.74, 6) is -1.04. The van der Waals surface area contributed by atoms with Crippen molar-refractivity contribution in [2.24, 2.45) is 0 Å². The lowest BCUT2D eigenvalue weighted by atomic mass is 10.1. The van der Waals surface area contributed by atoms with Gasteiger partial charge in [-0.3, -0.25) is 15.6 Å². The van der Waals surface area contributed by atoms with E-state index >= 15 is 0 Å². The summed E-state index contributed by atoms with van der Waals surface area (Å²) in [6.45, 7) is 0. The molecular formula is C15H13Cl2FN2O2. The van der Waals surface area contributed by atoms with Crippen LogP contribution in [0.4, 0.5) is 10.1 Å². The van der Waals surface area contributed by atoms with Gasteiger partial charge in [-0.2, -0.15) is 0 Å². The fourth-order valence-electron chi connectivity index (χ4n) is 1.81. The van der Waals surface area contributed by atoms with Gasteiger partial charge in [0.1, 0.15) is 5.82 Å². The Kier molecular flexibility index (Phi) is 5.60. The van der Waals surface area contributed by atoms with E-state index in [2.05, 4.69) is 10.9 Å². The number of aliphatic hydroxyl groups is 1. The van der Waals surface area contributed by atoms with Gasteiger partial charge in [-0.05, 0) is 17.7 Å². The first-order valence-corrected chi connectivity index (χ1v) is 7.15. The summed E-state index contributed by atoms with van der Waals surface area (Å²) >= 11 is 11.7. The van der Waals surface area contributed by atoms with E-state index in [0.717, 1.165) is 12.1 Å². The summed E-state index contributed by atoms with van der Waals surface area (Å²) in [6.07, 6.45) is -1.07. The zero-order valence-corrected chi connectivity index (χ0v) is 12.8. The number of nitrogens with one attached hydrogen (secondary N) is 2. The first kappa shape index (κ1) is 16.5. The topological polar surface area (TPSA) is 61.4 Å². The van der Waals surface area contributed by atoms with Crippen LogP contribution >= 0.6 is 23.2 Å². The van der Waals surface area contributed by atoms with E-state index in [1.165, 1.54) is 0 Å². The van der Waals surface area contributed by atoms with E-state index in [4.69, 9.17) is 23.2 Å². The molecule has 2 aromatic carbocycles. The van der Waals surface area contributed by atoms with Crippen LogP contribution in [0, 0.1) is 5.82 Å². The molecule has 0 spiro atoms. The molecule has 2 aromatic rings. The molecule has 22 heavy (non-hydrogen) atoms. The molecule has 0 aliphatic rings. The van der Waals surface area contributed by atoms with Crippen molar-refractivity contribution in [3.05, 3.63) is 63.9 Å². The van der Waals surface area contributed by atoms with Crippen LogP contribution < -0.4 is 10.9 Å². The zero-order valence-electron chi connectivity index (χ0n) is 11.3. The lowest BCUT2D eigenvalue weighted by Crippen LogP contribution is -2.30. The molecule has 0 saturated heterocycles. The Bertz CT molecular complexity index is 645. The minimum atomic E-state index is -0.929. The minimum absolute atomic E-state index is 0.0360. The highest BCUT2D eigenvalue weighted by Gasteiger charge is 2.14. The number of rotatable bonds is 5. The van der Waals surface area contributed by atoms with E-state index in [1.54, 1.807) is 24.3 Å². The van der Waals surface area contributed by atoms with Crippen LogP contribution in [-0.2, 0) is 4.79 Å². The van der Waals surface area contributed by atoms with Gasteiger partial charge >= 0.3 is 0 Å². The Labute approximate surface area is 136 Å². The second-order valence-corrected chi connectivity index (χ2v) is 5.36. The second-order valence-electron chi connectivity index (χ2n) is 4.55. The number of carbonyl (C=O) groups is 1. The summed E-state index contributed by atoms with van der Waals surface area (Å²) < 4.78 is 13.0. The Balaban J connectivity index is 1.94. The van der Waals surface area contributed by atoms with Crippen LogP contribution in [0.1, 0.15) is 18.1 Å². The third-order valence-electron chi connectivity index (χ3n) is 2.90. The number of carbonyl (C=O) groups excluding carboxylic acids is 1. The van der Waals surface area contributed by atoms with Crippen molar-refractivity contribution in [1.29, 1.82) is 0 Å². The Morgan fingerprint density at radius 1 is 1.18 bits per heavy atom. The highest BCUT2D eigenvalue weighted by molar-refractivity contribution is 6.39.